The first-order chi connectivity index (χ1) is 12.9. The summed E-state index contributed by atoms with van der Waals surface area (Å²) in [6, 6.07) is 18.0. The van der Waals surface area contributed by atoms with E-state index in [1.165, 1.54) is 0 Å². The van der Waals surface area contributed by atoms with E-state index in [-0.39, 0.29) is 18.1 Å². The van der Waals surface area contributed by atoms with E-state index in [1.807, 2.05) is 75.4 Å². The highest BCUT2D eigenvalue weighted by Gasteiger charge is 2.15. The van der Waals surface area contributed by atoms with Crippen LogP contribution in [0.2, 0.25) is 0 Å². The van der Waals surface area contributed by atoms with E-state index in [4.69, 9.17) is 4.74 Å². The number of para-hydroxylation sites is 1. The molecular weight excluding hydrogens is 338 g/mol. The molecule has 146 valence electrons. The molecule has 0 bridgehead atoms. The minimum absolute atomic E-state index is 0.0151. The van der Waals surface area contributed by atoms with E-state index < -0.39 is 0 Å². The van der Waals surface area contributed by atoms with Crippen LogP contribution in [-0.4, -0.2) is 36.9 Å². The van der Waals surface area contributed by atoms with E-state index in [1.54, 1.807) is 7.05 Å². The SMILES string of the molecule is CN=C(NCc1ccccc1OC(C)(C)C)NCC(CO)c1ccccc1. The average Bonchev–Trinajstić information content (AvgIpc) is 2.65. The lowest BCUT2D eigenvalue weighted by molar-refractivity contribution is 0.129. The van der Waals surface area contributed by atoms with Gasteiger partial charge < -0.3 is 20.5 Å². The predicted octanol–water partition coefficient (Wildman–Crippen LogP) is 3.31. The highest BCUT2D eigenvalue weighted by atomic mass is 16.5. The zero-order valence-corrected chi connectivity index (χ0v) is 16.7. The van der Waals surface area contributed by atoms with Crippen molar-refractivity contribution in [1.82, 2.24) is 10.6 Å². The lowest BCUT2D eigenvalue weighted by Gasteiger charge is -2.24. The molecule has 2 rings (SSSR count). The van der Waals surface area contributed by atoms with Gasteiger partial charge in [0.05, 0.1) is 6.61 Å². The van der Waals surface area contributed by atoms with Crippen molar-refractivity contribution >= 4 is 5.96 Å². The summed E-state index contributed by atoms with van der Waals surface area (Å²) in [5, 5.41) is 16.3. The first-order valence-electron chi connectivity index (χ1n) is 9.30. The maximum atomic E-state index is 9.70. The molecule has 2 aromatic carbocycles. The maximum Gasteiger partial charge on any atom is 0.191 e. The van der Waals surface area contributed by atoms with Gasteiger partial charge in [0.25, 0.3) is 0 Å². The number of hydrogen-bond donors (Lipinski definition) is 3. The summed E-state index contributed by atoms with van der Waals surface area (Å²) < 4.78 is 6.04. The van der Waals surface area contributed by atoms with Crippen molar-refractivity contribution in [3.05, 3.63) is 65.7 Å². The molecule has 0 aromatic heterocycles. The normalized spacial score (nSPS) is 13.1. The van der Waals surface area contributed by atoms with Gasteiger partial charge in [-0.05, 0) is 32.4 Å². The zero-order chi connectivity index (χ0) is 19.7. The number of benzene rings is 2. The highest BCUT2D eigenvalue weighted by molar-refractivity contribution is 5.79. The number of nitrogens with one attached hydrogen (secondary N) is 2. The number of hydrogen-bond acceptors (Lipinski definition) is 3. The number of aliphatic hydroxyl groups is 1. The molecule has 5 heteroatoms. The Balaban J connectivity index is 1.94. The summed E-state index contributed by atoms with van der Waals surface area (Å²) in [4.78, 5) is 4.28. The second-order valence-corrected chi connectivity index (χ2v) is 7.42. The Kier molecular flexibility index (Phi) is 7.67. The molecule has 0 aliphatic heterocycles. The van der Waals surface area contributed by atoms with Crippen LogP contribution in [0.3, 0.4) is 0 Å². The van der Waals surface area contributed by atoms with Crippen LogP contribution in [0.4, 0.5) is 0 Å². The molecule has 0 aliphatic carbocycles. The second-order valence-electron chi connectivity index (χ2n) is 7.42. The highest BCUT2D eigenvalue weighted by Crippen LogP contribution is 2.22. The van der Waals surface area contributed by atoms with Crippen molar-refractivity contribution in [1.29, 1.82) is 0 Å². The third-order valence-corrected chi connectivity index (χ3v) is 4.07. The van der Waals surface area contributed by atoms with Gasteiger partial charge in [0.15, 0.2) is 5.96 Å². The van der Waals surface area contributed by atoms with Crippen molar-refractivity contribution in [2.24, 2.45) is 4.99 Å². The molecule has 1 atom stereocenters. The number of aliphatic hydroxyl groups excluding tert-OH is 1. The molecule has 0 heterocycles. The second kappa shape index (κ2) is 9.97. The number of rotatable bonds is 7. The lowest BCUT2D eigenvalue weighted by Crippen LogP contribution is -2.39. The van der Waals surface area contributed by atoms with Crippen molar-refractivity contribution < 1.29 is 9.84 Å². The van der Waals surface area contributed by atoms with Gasteiger partial charge in [-0.25, -0.2) is 0 Å². The third kappa shape index (κ3) is 6.94. The number of guanidine groups is 1. The molecule has 2 aromatic rings. The molecule has 5 nitrogen and oxygen atoms in total. The standard InChI is InChI=1S/C22H31N3O2/c1-22(2,3)27-20-13-9-8-12-18(20)14-24-21(23-4)25-15-19(16-26)17-10-6-5-7-11-17/h5-13,19,26H,14-16H2,1-4H3,(H2,23,24,25). The summed E-state index contributed by atoms with van der Waals surface area (Å²) in [7, 11) is 1.74. The van der Waals surface area contributed by atoms with Crippen LogP contribution < -0.4 is 15.4 Å². The van der Waals surface area contributed by atoms with Gasteiger partial charge in [-0.2, -0.15) is 0 Å². The van der Waals surface area contributed by atoms with E-state index in [2.05, 4.69) is 15.6 Å². The van der Waals surface area contributed by atoms with Crippen LogP contribution in [0.5, 0.6) is 5.75 Å². The number of aliphatic imine (C=N–C) groups is 1. The Morgan fingerprint density at radius 3 is 2.33 bits per heavy atom. The minimum Gasteiger partial charge on any atom is -0.488 e. The fourth-order valence-electron chi connectivity index (χ4n) is 2.71. The van der Waals surface area contributed by atoms with Crippen LogP contribution in [0.15, 0.2) is 59.6 Å². The number of nitrogens with zero attached hydrogens (tertiary/aromatic N) is 1. The summed E-state index contributed by atoms with van der Waals surface area (Å²) in [5.74, 6) is 1.57. The van der Waals surface area contributed by atoms with Crippen LogP contribution in [0.1, 0.15) is 37.8 Å². The van der Waals surface area contributed by atoms with E-state index in [0.717, 1.165) is 16.9 Å². The van der Waals surface area contributed by atoms with Crippen LogP contribution in [0, 0.1) is 0 Å². The third-order valence-electron chi connectivity index (χ3n) is 4.07. The molecule has 0 amide bonds. The van der Waals surface area contributed by atoms with E-state index >= 15 is 0 Å². The first kappa shape index (κ1) is 20.8. The molecule has 0 fully saturated rings. The van der Waals surface area contributed by atoms with E-state index in [9.17, 15) is 5.11 Å². The van der Waals surface area contributed by atoms with Crippen molar-refractivity contribution in [3.63, 3.8) is 0 Å². The smallest absolute Gasteiger partial charge is 0.191 e. The summed E-state index contributed by atoms with van der Waals surface area (Å²) in [6.45, 7) is 7.39. The monoisotopic (exact) mass is 369 g/mol. The average molecular weight is 370 g/mol. The summed E-state index contributed by atoms with van der Waals surface area (Å²) in [6.07, 6.45) is 0. The molecule has 0 aliphatic rings. The lowest BCUT2D eigenvalue weighted by atomic mass is 10.0. The molecule has 3 N–H and O–H groups in total. The summed E-state index contributed by atoms with van der Waals surface area (Å²) >= 11 is 0. The van der Waals surface area contributed by atoms with Gasteiger partial charge in [-0.15, -0.1) is 0 Å². The molecule has 27 heavy (non-hydrogen) atoms. The molecule has 0 spiro atoms. The molecular formula is C22H31N3O2. The van der Waals surface area contributed by atoms with E-state index in [0.29, 0.717) is 19.0 Å². The largest absolute Gasteiger partial charge is 0.488 e. The molecule has 0 saturated carbocycles. The van der Waals surface area contributed by atoms with Gasteiger partial charge in [0.2, 0.25) is 0 Å². The van der Waals surface area contributed by atoms with Crippen molar-refractivity contribution in [2.75, 3.05) is 20.2 Å². The van der Waals surface area contributed by atoms with Crippen LogP contribution in [0.25, 0.3) is 0 Å². The van der Waals surface area contributed by atoms with Crippen molar-refractivity contribution in [2.45, 2.75) is 38.8 Å². The zero-order valence-electron chi connectivity index (χ0n) is 16.7. The quantitative estimate of drug-likeness (QED) is 0.517. The Labute approximate surface area is 162 Å². The van der Waals surface area contributed by atoms with Gasteiger partial charge >= 0.3 is 0 Å². The first-order valence-corrected chi connectivity index (χ1v) is 9.30. The number of ether oxygens (including phenoxy) is 1. The van der Waals surface area contributed by atoms with Gasteiger partial charge in [0, 0.05) is 31.6 Å². The topological polar surface area (TPSA) is 65.9 Å². The van der Waals surface area contributed by atoms with Crippen LogP contribution in [-0.2, 0) is 6.54 Å². The molecule has 1 unspecified atom stereocenters. The van der Waals surface area contributed by atoms with Gasteiger partial charge in [0.1, 0.15) is 11.4 Å². The minimum atomic E-state index is -0.250. The summed E-state index contributed by atoms with van der Waals surface area (Å²) in [5.41, 5.74) is 1.92. The molecule has 0 radical (unpaired) electrons. The predicted molar refractivity (Wildman–Crippen MR) is 111 cm³/mol. The van der Waals surface area contributed by atoms with Crippen LogP contribution >= 0.6 is 0 Å². The Bertz CT molecular complexity index is 724. The fourth-order valence-corrected chi connectivity index (χ4v) is 2.71. The molecule has 0 saturated heterocycles. The Hall–Kier alpha value is -2.53. The maximum absolute atomic E-state index is 9.70. The Morgan fingerprint density at radius 1 is 1.04 bits per heavy atom. The van der Waals surface area contributed by atoms with Crippen molar-refractivity contribution in [3.8, 4) is 5.75 Å². The van der Waals surface area contributed by atoms with Gasteiger partial charge in [-0.3, -0.25) is 4.99 Å². The Morgan fingerprint density at radius 2 is 1.70 bits per heavy atom. The van der Waals surface area contributed by atoms with Gasteiger partial charge in [-0.1, -0.05) is 48.5 Å². The fraction of sp³-hybridized carbons (Fsp3) is 0.409.